The topological polar surface area (TPSA) is 78.0 Å². The van der Waals surface area contributed by atoms with Crippen molar-refractivity contribution in [1.82, 2.24) is 9.21 Å². The summed E-state index contributed by atoms with van der Waals surface area (Å²) in [5.41, 5.74) is 0.342. The third kappa shape index (κ3) is 3.68. The van der Waals surface area contributed by atoms with Gasteiger partial charge in [0.15, 0.2) is 0 Å². The van der Waals surface area contributed by atoms with Gasteiger partial charge in [-0.05, 0) is 36.4 Å². The van der Waals surface area contributed by atoms with E-state index in [1.54, 1.807) is 30.3 Å². The van der Waals surface area contributed by atoms with Gasteiger partial charge in [0.2, 0.25) is 15.9 Å². The van der Waals surface area contributed by atoms with E-state index in [1.165, 1.54) is 28.6 Å². The zero-order valence-electron chi connectivity index (χ0n) is 15.6. The molecule has 4 rings (SSSR count). The van der Waals surface area contributed by atoms with Gasteiger partial charge in [0.25, 0.3) is 5.91 Å². The second kappa shape index (κ2) is 7.66. The number of hydrogen-bond donors (Lipinski definition) is 0. The smallest absolute Gasteiger partial charge is 0.251 e. The Balaban J connectivity index is 1.44. The lowest BCUT2D eigenvalue weighted by Crippen LogP contribution is -2.53. The van der Waals surface area contributed by atoms with Gasteiger partial charge in [-0.2, -0.15) is 4.31 Å². The number of piperazine rings is 1. The molecule has 0 bridgehead atoms. The predicted molar refractivity (Wildman–Crippen MR) is 104 cm³/mol. The number of anilines is 1. The molecule has 2 aromatic carbocycles. The van der Waals surface area contributed by atoms with Crippen molar-refractivity contribution >= 4 is 27.5 Å². The van der Waals surface area contributed by atoms with Gasteiger partial charge in [-0.15, -0.1) is 0 Å². The Labute approximate surface area is 168 Å². The third-order valence-corrected chi connectivity index (χ3v) is 7.22. The molecule has 0 aromatic heterocycles. The molecular formula is C20H20FN3O4S. The average Bonchev–Trinajstić information content (AvgIpc) is 3.03. The van der Waals surface area contributed by atoms with Gasteiger partial charge in [-0.3, -0.25) is 14.5 Å². The molecule has 0 saturated carbocycles. The van der Waals surface area contributed by atoms with Crippen molar-refractivity contribution in [2.45, 2.75) is 17.4 Å². The lowest BCUT2D eigenvalue weighted by atomic mass is 10.2. The number of hydrogen-bond acceptors (Lipinski definition) is 5. The van der Waals surface area contributed by atoms with E-state index in [4.69, 9.17) is 0 Å². The Bertz CT molecular complexity index is 1020. The van der Waals surface area contributed by atoms with Crippen LogP contribution in [0.4, 0.5) is 10.1 Å². The van der Waals surface area contributed by atoms with E-state index in [0.717, 1.165) is 4.90 Å². The SMILES string of the molecule is O=C1C[C@@H](N2CCN(S(=O)(=O)c3ccccc3)CC2)C(=O)N1c1ccc(F)cc1. The second-order valence-electron chi connectivity index (χ2n) is 7.02. The van der Waals surface area contributed by atoms with E-state index in [9.17, 15) is 22.4 Å². The van der Waals surface area contributed by atoms with Crippen LogP contribution in [0.15, 0.2) is 59.5 Å². The normalized spacial score (nSPS) is 21.7. The first kappa shape index (κ1) is 19.7. The highest BCUT2D eigenvalue weighted by Gasteiger charge is 2.44. The molecule has 1 atom stereocenters. The summed E-state index contributed by atoms with van der Waals surface area (Å²) in [5, 5.41) is 0. The largest absolute Gasteiger partial charge is 0.289 e. The van der Waals surface area contributed by atoms with Crippen molar-refractivity contribution in [3.8, 4) is 0 Å². The molecule has 2 aliphatic heterocycles. The lowest BCUT2D eigenvalue weighted by molar-refractivity contribution is -0.123. The van der Waals surface area contributed by atoms with E-state index in [2.05, 4.69) is 0 Å². The molecule has 2 fully saturated rings. The first-order valence-corrected chi connectivity index (χ1v) is 10.7. The second-order valence-corrected chi connectivity index (χ2v) is 8.95. The Morgan fingerprint density at radius 1 is 0.862 bits per heavy atom. The summed E-state index contributed by atoms with van der Waals surface area (Å²) >= 11 is 0. The molecule has 29 heavy (non-hydrogen) atoms. The van der Waals surface area contributed by atoms with Crippen LogP contribution >= 0.6 is 0 Å². The van der Waals surface area contributed by atoms with E-state index in [-0.39, 0.29) is 36.2 Å². The van der Waals surface area contributed by atoms with Gasteiger partial charge >= 0.3 is 0 Å². The van der Waals surface area contributed by atoms with Crippen LogP contribution in [0.3, 0.4) is 0 Å². The minimum Gasteiger partial charge on any atom is -0.289 e. The highest BCUT2D eigenvalue weighted by molar-refractivity contribution is 7.89. The van der Waals surface area contributed by atoms with Crippen molar-refractivity contribution in [3.63, 3.8) is 0 Å². The summed E-state index contributed by atoms with van der Waals surface area (Å²) < 4.78 is 40.0. The highest BCUT2D eigenvalue weighted by atomic mass is 32.2. The number of sulfonamides is 1. The molecule has 7 nitrogen and oxygen atoms in total. The van der Waals surface area contributed by atoms with Crippen molar-refractivity contribution in [2.75, 3.05) is 31.1 Å². The third-order valence-electron chi connectivity index (χ3n) is 5.30. The molecule has 2 aromatic rings. The van der Waals surface area contributed by atoms with Crippen LogP contribution in [0.25, 0.3) is 0 Å². The predicted octanol–water partition coefficient (Wildman–Crippen LogP) is 1.46. The number of carbonyl (C=O) groups is 2. The number of rotatable bonds is 4. The maximum absolute atomic E-state index is 13.1. The van der Waals surface area contributed by atoms with Crippen LogP contribution < -0.4 is 4.90 Å². The van der Waals surface area contributed by atoms with Gasteiger partial charge in [0.1, 0.15) is 5.82 Å². The van der Waals surface area contributed by atoms with E-state index in [0.29, 0.717) is 18.8 Å². The Morgan fingerprint density at radius 3 is 2.10 bits per heavy atom. The fourth-order valence-corrected chi connectivity index (χ4v) is 5.20. The van der Waals surface area contributed by atoms with Crippen LogP contribution in [0.2, 0.25) is 0 Å². The van der Waals surface area contributed by atoms with Crippen LogP contribution in [-0.4, -0.2) is 61.7 Å². The number of amides is 2. The first-order valence-electron chi connectivity index (χ1n) is 9.29. The zero-order valence-corrected chi connectivity index (χ0v) is 16.4. The fourth-order valence-electron chi connectivity index (χ4n) is 3.76. The van der Waals surface area contributed by atoms with E-state index < -0.39 is 21.9 Å². The maximum Gasteiger partial charge on any atom is 0.251 e. The van der Waals surface area contributed by atoms with Gasteiger partial charge in [0, 0.05) is 26.2 Å². The number of imide groups is 1. The fraction of sp³-hybridized carbons (Fsp3) is 0.300. The van der Waals surface area contributed by atoms with E-state index >= 15 is 0 Å². The highest BCUT2D eigenvalue weighted by Crippen LogP contribution is 2.27. The molecule has 0 unspecified atom stereocenters. The number of halogens is 1. The summed E-state index contributed by atoms with van der Waals surface area (Å²) in [6.45, 7) is 1.19. The van der Waals surface area contributed by atoms with Crippen molar-refractivity contribution < 1.29 is 22.4 Å². The molecular weight excluding hydrogens is 397 g/mol. The number of benzene rings is 2. The van der Waals surface area contributed by atoms with Crippen molar-refractivity contribution in [2.24, 2.45) is 0 Å². The Hall–Kier alpha value is -2.62. The first-order chi connectivity index (χ1) is 13.9. The number of carbonyl (C=O) groups excluding carboxylic acids is 2. The summed E-state index contributed by atoms with van der Waals surface area (Å²) in [6, 6.07) is 12.8. The van der Waals surface area contributed by atoms with Crippen LogP contribution in [0, 0.1) is 5.82 Å². The molecule has 2 saturated heterocycles. The summed E-state index contributed by atoms with van der Waals surface area (Å²) in [7, 11) is -3.58. The number of nitrogens with zero attached hydrogens (tertiary/aromatic N) is 3. The standard InChI is InChI=1S/C20H20FN3O4S/c21-15-6-8-16(9-7-15)24-19(25)14-18(20(24)26)22-10-12-23(13-11-22)29(27,28)17-4-2-1-3-5-17/h1-9,18H,10-14H2/t18-/m1/s1. The summed E-state index contributed by atoms with van der Waals surface area (Å²) in [5.74, 6) is -1.15. The quantitative estimate of drug-likeness (QED) is 0.704. The molecule has 9 heteroatoms. The van der Waals surface area contributed by atoms with Gasteiger partial charge in [0.05, 0.1) is 23.0 Å². The van der Waals surface area contributed by atoms with Gasteiger partial charge < -0.3 is 0 Å². The molecule has 2 amide bonds. The minimum absolute atomic E-state index is 0.0294. The molecule has 152 valence electrons. The van der Waals surface area contributed by atoms with Crippen LogP contribution in [-0.2, 0) is 19.6 Å². The maximum atomic E-state index is 13.1. The molecule has 2 aliphatic rings. The molecule has 0 aliphatic carbocycles. The Kier molecular flexibility index (Phi) is 5.20. The molecule has 0 radical (unpaired) electrons. The summed E-state index contributed by atoms with van der Waals surface area (Å²) in [6.07, 6.45) is 0.0294. The van der Waals surface area contributed by atoms with Crippen molar-refractivity contribution in [1.29, 1.82) is 0 Å². The van der Waals surface area contributed by atoms with Crippen LogP contribution in [0.1, 0.15) is 6.42 Å². The van der Waals surface area contributed by atoms with Gasteiger partial charge in [-0.1, -0.05) is 18.2 Å². The molecule has 0 N–H and O–H groups in total. The molecule has 0 spiro atoms. The van der Waals surface area contributed by atoms with Gasteiger partial charge in [-0.25, -0.2) is 17.7 Å². The van der Waals surface area contributed by atoms with Crippen LogP contribution in [0.5, 0.6) is 0 Å². The summed E-state index contributed by atoms with van der Waals surface area (Å²) in [4.78, 5) is 28.4. The average molecular weight is 417 g/mol. The monoisotopic (exact) mass is 417 g/mol. The zero-order chi connectivity index (χ0) is 20.6. The Morgan fingerprint density at radius 2 is 1.48 bits per heavy atom. The van der Waals surface area contributed by atoms with Crippen molar-refractivity contribution in [3.05, 3.63) is 60.4 Å². The lowest BCUT2D eigenvalue weighted by Gasteiger charge is -2.36. The molecule has 2 heterocycles. The minimum atomic E-state index is -3.58. The van der Waals surface area contributed by atoms with E-state index in [1.807, 2.05) is 4.90 Å².